The summed E-state index contributed by atoms with van der Waals surface area (Å²) in [6.07, 6.45) is 2.58. The first-order valence-electron chi connectivity index (χ1n) is 9.65. The van der Waals surface area contributed by atoms with Crippen LogP contribution in [-0.4, -0.2) is 33.8 Å². The van der Waals surface area contributed by atoms with Crippen molar-refractivity contribution in [2.75, 3.05) is 23.9 Å². The lowest BCUT2D eigenvalue weighted by Crippen LogP contribution is -2.37. The van der Waals surface area contributed by atoms with E-state index in [0.717, 1.165) is 19.3 Å². The zero-order chi connectivity index (χ0) is 20.6. The van der Waals surface area contributed by atoms with Gasteiger partial charge in [-0.2, -0.15) is 8.42 Å². The lowest BCUT2D eigenvalue weighted by Gasteiger charge is -2.31. The van der Waals surface area contributed by atoms with E-state index in [1.807, 2.05) is 11.8 Å². The van der Waals surface area contributed by atoms with Gasteiger partial charge in [-0.3, -0.25) is 4.79 Å². The van der Waals surface area contributed by atoms with Crippen molar-refractivity contribution in [3.05, 3.63) is 48.0 Å². The molecule has 1 amide bonds. The number of carbonyl (C=O) groups excluding carboxylic acids is 1. The van der Waals surface area contributed by atoms with Crippen LogP contribution in [0.25, 0.3) is 0 Å². The fraction of sp³-hybridized carbons (Fsp3) is 0.333. The molecule has 0 unspecified atom stereocenters. The second-order valence-corrected chi connectivity index (χ2v) is 8.79. The summed E-state index contributed by atoms with van der Waals surface area (Å²) in [5.74, 6) is 1.05. The number of hydrogen-bond donors (Lipinski definition) is 1. The molecule has 1 fully saturated rings. The minimum absolute atomic E-state index is 0.0407. The highest BCUT2D eigenvalue weighted by Crippen LogP contribution is 2.36. The van der Waals surface area contributed by atoms with Crippen molar-refractivity contribution in [2.24, 2.45) is 10.3 Å². The molecular formula is C21H23N3O4S. The van der Waals surface area contributed by atoms with E-state index >= 15 is 0 Å². The van der Waals surface area contributed by atoms with Crippen molar-refractivity contribution in [2.45, 2.75) is 31.1 Å². The van der Waals surface area contributed by atoms with Crippen molar-refractivity contribution >= 4 is 33.1 Å². The van der Waals surface area contributed by atoms with Gasteiger partial charge in [-0.1, -0.05) is 6.92 Å². The Kier molecular flexibility index (Phi) is 5.04. The van der Waals surface area contributed by atoms with Crippen LogP contribution in [0.4, 0.5) is 11.4 Å². The van der Waals surface area contributed by atoms with Crippen molar-refractivity contribution < 1.29 is 17.9 Å². The van der Waals surface area contributed by atoms with E-state index in [9.17, 15) is 13.2 Å². The maximum absolute atomic E-state index is 13.0. The molecule has 8 heteroatoms. The molecule has 0 spiro atoms. The monoisotopic (exact) mass is 413 g/mol. The predicted octanol–water partition coefficient (Wildman–Crippen LogP) is 3.41. The average Bonchev–Trinajstić information content (AvgIpc) is 3.56. The fourth-order valence-corrected chi connectivity index (χ4v) is 4.58. The number of benzene rings is 2. The van der Waals surface area contributed by atoms with Crippen LogP contribution >= 0.6 is 0 Å². The number of amides is 1. The molecule has 0 saturated heterocycles. The van der Waals surface area contributed by atoms with Crippen molar-refractivity contribution in [3.8, 4) is 5.75 Å². The molecular weight excluding hydrogens is 390 g/mol. The van der Waals surface area contributed by atoms with Gasteiger partial charge in [-0.15, -0.1) is 4.40 Å². The minimum atomic E-state index is -3.91. The van der Waals surface area contributed by atoms with E-state index in [1.54, 1.807) is 43.5 Å². The molecule has 1 N–H and O–H groups in total. The van der Waals surface area contributed by atoms with Crippen LogP contribution in [0.1, 0.15) is 31.7 Å². The third-order valence-electron chi connectivity index (χ3n) is 5.00. The molecule has 2 aromatic rings. The van der Waals surface area contributed by atoms with Gasteiger partial charge < -0.3 is 15.0 Å². The van der Waals surface area contributed by atoms with Crippen LogP contribution in [-0.2, 0) is 14.8 Å². The molecule has 0 radical (unpaired) electrons. The molecule has 0 aromatic heterocycles. The van der Waals surface area contributed by atoms with Crippen LogP contribution < -0.4 is 15.0 Å². The largest absolute Gasteiger partial charge is 0.497 e. The summed E-state index contributed by atoms with van der Waals surface area (Å²) in [7, 11) is -2.33. The molecule has 1 heterocycles. The molecule has 2 aromatic carbocycles. The quantitative estimate of drug-likeness (QED) is 0.784. The van der Waals surface area contributed by atoms with E-state index in [0.29, 0.717) is 35.1 Å². The van der Waals surface area contributed by atoms with Gasteiger partial charge in [0.1, 0.15) is 10.6 Å². The summed E-state index contributed by atoms with van der Waals surface area (Å²) in [6.45, 7) is 2.64. The van der Waals surface area contributed by atoms with Crippen LogP contribution in [0.15, 0.2) is 51.8 Å². The Hall–Kier alpha value is -2.87. The Bertz CT molecular complexity index is 1070. The lowest BCUT2D eigenvalue weighted by atomic mass is 10.1. The maximum atomic E-state index is 13.0. The number of methoxy groups -OCH3 is 1. The topological polar surface area (TPSA) is 88.1 Å². The summed E-state index contributed by atoms with van der Waals surface area (Å²) in [5.41, 5.74) is 1.74. The van der Waals surface area contributed by atoms with Crippen LogP contribution in [0, 0.1) is 5.92 Å². The second-order valence-electron chi connectivity index (χ2n) is 7.22. The van der Waals surface area contributed by atoms with E-state index < -0.39 is 10.0 Å². The van der Waals surface area contributed by atoms with Crippen LogP contribution in [0.2, 0.25) is 0 Å². The Morgan fingerprint density at radius 1 is 1.21 bits per heavy atom. The number of carbonyl (C=O) groups is 1. The first kappa shape index (κ1) is 19.4. The second kappa shape index (κ2) is 7.51. The van der Waals surface area contributed by atoms with Gasteiger partial charge in [0.25, 0.3) is 10.0 Å². The number of nitrogens with zero attached hydrogens (tertiary/aromatic N) is 2. The number of sulfonamides is 1. The number of amidine groups is 1. The van der Waals surface area contributed by atoms with Gasteiger partial charge in [-0.25, -0.2) is 0 Å². The third-order valence-corrected chi connectivity index (χ3v) is 6.30. The molecule has 1 aliphatic heterocycles. The zero-order valence-electron chi connectivity index (χ0n) is 16.4. The normalized spacial score (nSPS) is 17.3. The summed E-state index contributed by atoms with van der Waals surface area (Å²) in [4.78, 5) is 14.1. The predicted molar refractivity (Wildman–Crippen MR) is 112 cm³/mol. The Balaban J connectivity index is 1.75. The standard InChI is InChI=1S/C21H23N3O4S/c1-3-12-24-18-11-8-16(22-21(25)15-4-5-15)13-19(18)29(26,27)23-20(24)14-6-9-17(28-2)10-7-14/h6-11,13,15H,3-5,12H2,1-2H3,(H,22,25). The Labute approximate surface area is 170 Å². The highest BCUT2D eigenvalue weighted by Gasteiger charge is 2.33. The number of rotatable bonds is 6. The first-order valence-corrected chi connectivity index (χ1v) is 11.1. The van der Waals surface area contributed by atoms with Crippen molar-refractivity contribution in [1.82, 2.24) is 0 Å². The van der Waals surface area contributed by atoms with Crippen LogP contribution in [0.5, 0.6) is 5.75 Å². The van der Waals surface area contributed by atoms with E-state index in [-0.39, 0.29) is 16.7 Å². The zero-order valence-corrected chi connectivity index (χ0v) is 17.2. The summed E-state index contributed by atoms with van der Waals surface area (Å²) in [5, 5.41) is 2.81. The maximum Gasteiger partial charge on any atom is 0.286 e. The molecule has 4 rings (SSSR count). The van der Waals surface area contributed by atoms with Gasteiger partial charge in [0.15, 0.2) is 5.84 Å². The summed E-state index contributed by atoms with van der Waals surface area (Å²) >= 11 is 0. The summed E-state index contributed by atoms with van der Waals surface area (Å²) < 4.78 is 35.2. The highest BCUT2D eigenvalue weighted by atomic mass is 32.2. The Morgan fingerprint density at radius 3 is 2.55 bits per heavy atom. The smallest absolute Gasteiger partial charge is 0.286 e. The average molecular weight is 413 g/mol. The lowest BCUT2D eigenvalue weighted by molar-refractivity contribution is -0.117. The molecule has 1 aliphatic carbocycles. The highest BCUT2D eigenvalue weighted by molar-refractivity contribution is 7.90. The molecule has 152 valence electrons. The number of nitrogens with one attached hydrogen (secondary N) is 1. The van der Waals surface area contributed by atoms with Crippen molar-refractivity contribution in [1.29, 1.82) is 0 Å². The third kappa shape index (κ3) is 3.85. The fourth-order valence-electron chi connectivity index (χ4n) is 3.34. The molecule has 0 bridgehead atoms. The summed E-state index contributed by atoms with van der Waals surface area (Å²) in [6, 6.07) is 12.1. The van der Waals surface area contributed by atoms with Gasteiger partial charge in [0.05, 0.1) is 12.8 Å². The number of fused-ring (bicyclic) bond motifs is 1. The van der Waals surface area contributed by atoms with Gasteiger partial charge >= 0.3 is 0 Å². The van der Waals surface area contributed by atoms with Gasteiger partial charge in [0, 0.05) is 23.7 Å². The molecule has 0 atom stereocenters. The van der Waals surface area contributed by atoms with E-state index in [4.69, 9.17) is 4.74 Å². The Morgan fingerprint density at radius 2 is 1.93 bits per heavy atom. The molecule has 29 heavy (non-hydrogen) atoms. The minimum Gasteiger partial charge on any atom is -0.497 e. The van der Waals surface area contributed by atoms with Crippen molar-refractivity contribution in [3.63, 3.8) is 0 Å². The van der Waals surface area contributed by atoms with E-state index in [1.165, 1.54) is 6.07 Å². The number of ether oxygens (including phenoxy) is 1. The molecule has 1 saturated carbocycles. The van der Waals surface area contributed by atoms with Gasteiger partial charge in [0.2, 0.25) is 5.91 Å². The van der Waals surface area contributed by atoms with Gasteiger partial charge in [-0.05, 0) is 61.7 Å². The first-order chi connectivity index (χ1) is 13.9. The van der Waals surface area contributed by atoms with Crippen LogP contribution in [0.3, 0.4) is 0 Å². The molecule has 2 aliphatic rings. The van der Waals surface area contributed by atoms with E-state index in [2.05, 4.69) is 9.71 Å². The SMILES string of the molecule is CCCN1C(c2ccc(OC)cc2)=NS(=O)(=O)c2cc(NC(=O)C3CC3)ccc21. The number of hydrogen-bond acceptors (Lipinski definition) is 5. The number of anilines is 2. The molecule has 7 nitrogen and oxygen atoms in total.